The highest BCUT2D eigenvalue weighted by molar-refractivity contribution is 9.10. The summed E-state index contributed by atoms with van der Waals surface area (Å²) >= 11 is 9.46. The van der Waals surface area contributed by atoms with Gasteiger partial charge >= 0.3 is 0 Å². The third-order valence-corrected chi connectivity index (χ3v) is 4.73. The van der Waals surface area contributed by atoms with E-state index in [1.807, 2.05) is 43.3 Å². The number of hydrogen-bond donors (Lipinski definition) is 2. The second-order valence-corrected chi connectivity index (χ2v) is 6.98. The molecule has 0 fully saturated rings. The number of ether oxygens (including phenoxy) is 2. The van der Waals surface area contributed by atoms with Crippen LogP contribution in [-0.4, -0.2) is 24.9 Å². The van der Waals surface area contributed by atoms with Crippen molar-refractivity contribution < 1.29 is 14.6 Å². The van der Waals surface area contributed by atoms with Crippen molar-refractivity contribution in [2.45, 2.75) is 32.5 Å². The summed E-state index contributed by atoms with van der Waals surface area (Å²) in [6, 6.07) is 11.6. The van der Waals surface area contributed by atoms with Crippen molar-refractivity contribution in [3.8, 4) is 11.5 Å². The van der Waals surface area contributed by atoms with Crippen LogP contribution in [0.5, 0.6) is 11.5 Å². The molecule has 136 valence electrons. The van der Waals surface area contributed by atoms with Crippen LogP contribution in [-0.2, 0) is 13.2 Å². The summed E-state index contributed by atoms with van der Waals surface area (Å²) in [7, 11) is 1.62. The molecule has 2 rings (SSSR count). The smallest absolute Gasteiger partial charge is 0.175 e. The van der Waals surface area contributed by atoms with Crippen LogP contribution in [0.25, 0.3) is 0 Å². The van der Waals surface area contributed by atoms with Crippen LogP contribution in [0.3, 0.4) is 0 Å². The van der Waals surface area contributed by atoms with Gasteiger partial charge in [0.25, 0.3) is 0 Å². The number of aliphatic hydroxyl groups is 1. The van der Waals surface area contributed by atoms with E-state index in [1.165, 1.54) is 0 Å². The Hall–Kier alpha value is -1.27. The van der Waals surface area contributed by atoms with Crippen LogP contribution in [0, 0.1) is 0 Å². The number of methoxy groups -OCH3 is 1. The Morgan fingerprint density at radius 2 is 1.92 bits per heavy atom. The molecule has 2 aromatic rings. The zero-order chi connectivity index (χ0) is 18.2. The molecule has 0 aromatic heterocycles. The molecule has 0 bridgehead atoms. The van der Waals surface area contributed by atoms with E-state index in [2.05, 4.69) is 21.2 Å². The lowest BCUT2D eigenvalue weighted by atomic mass is 10.1. The van der Waals surface area contributed by atoms with Crippen molar-refractivity contribution >= 4 is 27.5 Å². The van der Waals surface area contributed by atoms with E-state index in [9.17, 15) is 5.11 Å². The van der Waals surface area contributed by atoms with Gasteiger partial charge in [0.15, 0.2) is 11.5 Å². The molecule has 25 heavy (non-hydrogen) atoms. The first-order chi connectivity index (χ1) is 12.1. The Bertz CT molecular complexity index is 675. The van der Waals surface area contributed by atoms with E-state index in [0.717, 1.165) is 22.0 Å². The monoisotopic (exact) mass is 427 g/mol. The second-order valence-electron chi connectivity index (χ2n) is 5.69. The van der Waals surface area contributed by atoms with Crippen LogP contribution in [0.2, 0.25) is 5.02 Å². The quantitative estimate of drug-likeness (QED) is 0.615. The number of hydrogen-bond acceptors (Lipinski definition) is 4. The average molecular weight is 429 g/mol. The van der Waals surface area contributed by atoms with E-state index in [0.29, 0.717) is 29.7 Å². The summed E-state index contributed by atoms with van der Waals surface area (Å²) in [6.45, 7) is 3.23. The fourth-order valence-electron chi connectivity index (χ4n) is 2.35. The molecule has 0 radical (unpaired) electrons. The Balaban J connectivity index is 2.09. The maximum atomic E-state index is 9.27. The van der Waals surface area contributed by atoms with Crippen LogP contribution in [0.15, 0.2) is 40.9 Å². The average Bonchev–Trinajstić information content (AvgIpc) is 2.62. The Labute approximate surface area is 162 Å². The van der Waals surface area contributed by atoms with Crippen molar-refractivity contribution in [1.29, 1.82) is 0 Å². The topological polar surface area (TPSA) is 50.7 Å². The van der Waals surface area contributed by atoms with Crippen LogP contribution >= 0.6 is 27.5 Å². The molecule has 0 heterocycles. The third kappa shape index (κ3) is 5.89. The molecule has 0 aliphatic rings. The molecule has 0 saturated heterocycles. The molecule has 1 atom stereocenters. The van der Waals surface area contributed by atoms with E-state index in [-0.39, 0.29) is 12.6 Å². The van der Waals surface area contributed by atoms with Crippen molar-refractivity contribution in [3.63, 3.8) is 0 Å². The van der Waals surface area contributed by atoms with Crippen molar-refractivity contribution in [2.75, 3.05) is 13.7 Å². The summed E-state index contributed by atoms with van der Waals surface area (Å²) in [6.07, 6.45) is 0.872. The molecular formula is C19H23BrClNO3. The fourth-order valence-corrected chi connectivity index (χ4v) is 3.08. The van der Waals surface area contributed by atoms with Crippen LogP contribution in [0.1, 0.15) is 24.5 Å². The number of nitrogens with one attached hydrogen (secondary N) is 1. The van der Waals surface area contributed by atoms with E-state index in [1.54, 1.807) is 7.11 Å². The maximum Gasteiger partial charge on any atom is 0.175 e. The standard InChI is InChI=1S/C19H23BrClNO3/c1-3-16(11-23)22-10-14-8-17(20)19(18(9-14)24-2)25-12-13-4-6-15(21)7-5-13/h4-9,16,22-23H,3,10-12H2,1-2H3. The summed E-state index contributed by atoms with van der Waals surface area (Å²) in [5.41, 5.74) is 2.08. The molecule has 0 aliphatic carbocycles. The minimum atomic E-state index is 0.0885. The SMILES string of the molecule is CCC(CO)NCc1cc(Br)c(OCc2ccc(Cl)cc2)c(OC)c1. The van der Waals surface area contributed by atoms with Crippen LogP contribution in [0.4, 0.5) is 0 Å². The van der Waals surface area contributed by atoms with E-state index in [4.69, 9.17) is 21.1 Å². The first-order valence-electron chi connectivity index (χ1n) is 8.15. The number of aliphatic hydroxyl groups excluding tert-OH is 1. The van der Waals surface area contributed by atoms with Gasteiger partial charge in [0.2, 0.25) is 0 Å². The lowest BCUT2D eigenvalue weighted by molar-refractivity contribution is 0.238. The minimum Gasteiger partial charge on any atom is -0.493 e. The van der Waals surface area contributed by atoms with Gasteiger partial charge in [-0.3, -0.25) is 0 Å². The van der Waals surface area contributed by atoms with Gasteiger partial charge in [-0.25, -0.2) is 0 Å². The van der Waals surface area contributed by atoms with E-state index >= 15 is 0 Å². The second kappa shape index (κ2) is 10.0. The zero-order valence-electron chi connectivity index (χ0n) is 14.4. The first kappa shape index (κ1) is 20.0. The predicted molar refractivity (Wildman–Crippen MR) is 104 cm³/mol. The Morgan fingerprint density at radius 1 is 1.20 bits per heavy atom. The highest BCUT2D eigenvalue weighted by atomic mass is 79.9. The normalized spacial score (nSPS) is 12.0. The lowest BCUT2D eigenvalue weighted by Gasteiger charge is -2.17. The highest BCUT2D eigenvalue weighted by Gasteiger charge is 2.13. The summed E-state index contributed by atoms with van der Waals surface area (Å²) in [5.74, 6) is 1.33. The van der Waals surface area contributed by atoms with Crippen molar-refractivity contribution in [3.05, 3.63) is 57.0 Å². The minimum absolute atomic E-state index is 0.0885. The van der Waals surface area contributed by atoms with Gasteiger partial charge in [0, 0.05) is 17.6 Å². The molecule has 0 aliphatic heterocycles. The highest BCUT2D eigenvalue weighted by Crippen LogP contribution is 2.37. The van der Waals surface area contributed by atoms with Gasteiger partial charge in [0.05, 0.1) is 18.2 Å². The molecule has 1 unspecified atom stereocenters. The molecule has 2 aromatic carbocycles. The van der Waals surface area contributed by atoms with Gasteiger partial charge in [-0.2, -0.15) is 0 Å². The number of rotatable bonds is 9. The van der Waals surface area contributed by atoms with Gasteiger partial charge in [-0.15, -0.1) is 0 Å². The summed E-state index contributed by atoms with van der Waals surface area (Å²) in [4.78, 5) is 0. The third-order valence-electron chi connectivity index (χ3n) is 3.89. The Morgan fingerprint density at radius 3 is 2.52 bits per heavy atom. The molecule has 2 N–H and O–H groups in total. The maximum absolute atomic E-state index is 9.27. The largest absolute Gasteiger partial charge is 0.493 e. The number of benzene rings is 2. The molecule has 0 amide bonds. The molecule has 4 nitrogen and oxygen atoms in total. The van der Waals surface area contributed by atoms with Gasteiger partial charge in [-0.05, 0) is 57.7 Å². The molecular weight excluding hydrogens is 406 g/mol. The molecule has 6 heteroatoms. The van der Waals surface area contributed by atoms with Crippen molar-refractivity contribution in [1.82, 2.24) is 5.32 Å². The first-order valence-corrected chi connectivity index (χ1v) is 9.32. The van der Waals surface area contributed by atoms with E-state index < -0.39 is 0 Å². The van der Waals surface area contributed by atoms with Crippen molar-refractivity contribution in [2.24, 2.45) is 0 Å². The Kier molecular flexibility index (Phi) is 8.03. The number of halogens is 2. The van der Waals surface area contributed by atoms with Gasteiger partial charge < -0.3 is 19.9 Å². The van der Waals surface area contributed by atoms with Gasteiger partial charge in [0.1, 0.15) is 6.61 Å². The lowest BCUT2D eigenvalue weighted by Crippen LogP contribution is -2.31. The van der Waals surface area contributed by atoms with Gasteiger partial charge in [-0.1, -0.05) is 30.7 Å². The summed E-state index contributed by atoms with van der Waals surface area (Å²) in [5, 5.41) is 13.3. The zero-order valence-corrected chi connectivity index (χ0v) is 16.7. The fraction of sp³-hybridized carbons (Fsp3) is 0.368. The molecule has 0 saturated carbocycles. The molecule has 0 spiro atoms. The summed E-state index contributed by atoms with van der Waals surface area (Å²) < 4.78 is 12.2. The van der Waals surface area contributed by atoms with Crippen LogP contribution < -0.4 is 14.8 Å². The predicted octanol–water partition coefficient (Wildman–Crippen LogP) is 4.55.